The molecule has 9 heteroatoms. The van der Waals surface area contributed by atoms with Crippen molar-refractivity contribution in [3.8, 4) is 11.8 Å². The summed E-state index contributed by atoms with van der Waals surface area (Å²) in [7, 11) is 1.62. The number of anilines is 1. The monoisotopic (exact) mass is 550 g/mol. The number of piperidine rings is 1. The van der Waals surface area contributed by atoms with Crippen molar-refractivity contribution in [3.05, 3.63) is 61.8 Å². The van der Waals surface area contributed by atoms with E-state index in [1.165, 1.54) is 11.8 Å². The molecule has 2 aromatic rings. The molecule has 1 aromatic carbocycles. The van der Waals surface area contributed by atoms with Crippen molar-refractivity contribution in [1.29, 1.82) is 5.26 Å². The highest BCUT2D eigenvalue weighted by atomic mass is 32.2. The number of rotatable bonds is 7. The molecule has 0 bridgehead atoms. The van der Waals surface area contributed by atoms with Crippen LogP contribution in [-0.4, -0.2) is 39.9 Å². The Morgan fingerprint density at radius 2 is 1.84 bits per heavy atom. The van der Waals surface area contributed by atoms with E-state index in [1.807, 2.05) is 37.3 Å². The summed E-state index contributed by atoms with van der Waals surface area (Å²) < 4.78 is 7.46. The summed E-state index contributed by atoms with van der Waals surface area (Å²) in [4.78, 5) is 31.4. The Morgan fingerprint density at radius 3 is 2.42 bits per heavy atom. The Labute approximate surface area is 234 Å². The van der Waals surface area contributed by atoms with Crippen molar-refractivity contribution >= 4 is 46.1 Å². The van der Waals surface area contributed by atoms with E-state index >= 15 is 0 Å². The zero-order valence-electron chi connectivity index (χ0n) is 22.6. The van der Waals surface area contributed by atoms with Gasteiger partial charge in [-0.05, 0) is 60.9 Å². The highest BCUT2D eigenvalue weighted by molar-refractivity contribution is 8.26. The molecular formula is C29H34N4O3S2. The largest absolute Gasteiger partial charge is 0.497 e. The summed E-state index contributed by atoms with van der Waals surface area (Å²) in [5.41, 5.74) is 2.16. The molecule has 2 aliphatic rings. The van der Waals surface area contributed by atoms with Gasteiger partial charge in [-0.3, -0.25) is 19.1 Å². The SMILES string of the molecule is CCCn1c(N2CC(C)CC(C)C2)c(/C=C2/SC(=S)N(Cc3ccc(OC)cc3)C2=O)c(C)c(C#N)c1=O. The fraction of sp³-hybridized carbons (Fsp3) is 0.448. The summed E-state index contributed by atoms with van der Waals surface area (Å²) in [5, 5.41) is 9.89. The number of thioether (sulfide) groups is 1. The van der Waals surface area contributed by atoms with E-state index in [9.17, 15) is 14.9 Å². The van der Waals surface area contributed by atoms with Gasteiger partial charge in [0, 0.05) is 25.2 Å². The highest BCUT2D eigenvalue weighted by Gasteiger charge is 2.34. The standard InChI is InChI=1S/C29H34N4O3S2/c1-6-11-32-26(31-15-18(2)12-19(3)16-31)23(20(4)24(14-30)27(32)34)13-25-28(35)33(29(37)38-25)17-21-7-9-22(36-5)10-8-21/h7-10,13,18-19H,6,11-12,15-17H2,1-5H3/b25-13+. The lowest BCUT2D eigenvalue weighted by molar-refractivity contribution is -0.122. The van der Waals surface area contributed by atoms with Crippen LogP contribution in [0.25, 0.3) is 6.08 Å². The maximum absolute atomic E-state index is 13.6. The summed E-state index contributed by atoms with van der Waals surface area (Å²) in [6, 6.07) is 9.69. The summed E-state index contributed by atoms with van der Waals surface area (Å²) >= 11 is 6.86. The van der Waals surface area contributed by atoms with Gasteiger partial charge in [0.2, 0.25) is 0 Å². The van der Waals surface area contributed by atoms with Crippen molar-refractivity contribution in [1.82, 2.24) is 9.47 Å². The number of benzene rings is 1. The molecule has 0 N–H and O–H groups in total. The minimum atomic E-state index is -0.267. The van der Waals surface area contributed by atoms with Gasteiger partial charge >= 0.3 is 0 Å². The average molecular weight is 551 g/mol. The quantitative estimate of drug-likeness (QED) is 0.341. The maximum Gasteiger partial charge on any atom is 0.270 e. The number of thiocarbonyl (C=S) groups is 1. The fourth-order valence-corrected chi connectivity index (χ4v) is 6.67. The number of nitriles is 1. The van der Waals surface area contributed by atoms with Crippen LogP contribution in [0.4, 0.5) is 5.82 Å². The molecule has 2 saturated heterocycles. The lowest BCUT2D eigenvalue weighted by Gasteiger charge is -2.39. The number of hydrogen-bond acceptors (Lipinski definition) is 7. The summed E-state index contributed by atoms with van der Waals surface area (Å²) in [5.74, 6) is 2.31. The molecule has 0 radical (unpaired) electrons. The van der Waals surface area contributed by atoms with Crippen LogP contribution in [0.2, 0.25) is 0 Å². The van der Waals surface area contributed by atoms with Crippen molar-refractivity contribution < 1.29 is 9.53 Å². The molecule has 1 amide bonds. The van der Waals surface area contributed by atoms with Gasteiger partial charge in [0.05, 0.1) is 18.6 Å². The van der Waals surface area contributed by atoms with Crippen molar-refractivity contribution in [2.45, 2.75) is 53.6 Å². The Hall–Kier alpha value is -3.09. The third-order valence-electron chi connectivity index (χ3n) is 7.11. The van der Waals surface area contributed by atoms with Crippen LogP contribution >= 0.6 is 24.0 Å². The van der Waals surface area contributed by atoms with Crippen LogP contribution in [-0.2, 0) is 17.9 Å². The topological polar surface area (TPSA) is 78.6 Å². The number of amides is 1. The predicted octanol–water partition coefficient (Wildman–Crippen LogP) is 5.33. The maximum atomic E-state index is 13.6. The second kappa shape index (κ2) is 11.7. The molecule has 1 aromatic heterocycles. The van der Waals surface area contributed by atoms with Crippen LogP contribution in [0.15, 0.2) is 34.0 Å². The Balaban J connectivity index is 1.80. The van der Waals surface area contributed by atoms with Gasteiger partial charge in [-0.15, -0.1) is 0 Å². The van der Waals surface area contributed by atoms with Crippen molar-refractivity contribution in [2.24, 2.45) is 11.8 Å². The van der Waals surface area contributed by atoms with Crippen LogP contribution in [0.5, 0.6) is 5.75 Å². The number of methoxy groups -OCH3 is 1. The molecule has 0 spiro atoms. The molecule has 2 aliphatic heterocycles. The summed E-state index contributed by atoms with van der Waals surface area (Å²) in [6.07, 6.45) is 3.72. The molecule has 7 nitrogen and oxygen atoms in total. The molecule has 2 atom stereocenters. The lowest BCUT2D eigenvalue weighted by atomic mass is 9.91. The van der Waals surface area contributed by atoms with Gasteiger partial charge in [0.1, 0.15) is 27.5 Å². The number of nitrogens with zero attached hydrogens (tertiary/aromatic N) is 4. The Morgan fingerprint density at radius 1 is 1.18 bits per heavy atom. The van der Waals surface area contributed by atoms with Crippen molar-refractivity contribution in [3.63, 3.8) is 0 Å². The Kier molecular flexibility index (Phi) is 8.64. The number of ether oxygens (including phenoxy) is 1. The molecule has 2 unspecified atom stereocenters. The smallest absolute Gasteiger partial charge is 0.270 e. The van der Waals surface area contributed by atoms with Crippen LogP contribution in [0, 0.1) is 30.1 Å². The van der Waals surface area contributed by atoms with Crippen LogP contribution in [0.3, 0.4) is 0 Å². The third-order valence-corrected chi connectivity index (χ3v) is 8.49. The van der Waals surface area contributed by atoms with E-state index < -0.39 is 0 Å². The molecular weight excluding hydrogens is 516 g/mol. The number of carbonyl (C=O) groups excluding carboxylic acids is 1. The van der Waals surface area contributed by atoms with Gasteiger partial charge < -0.3 is 9.64 Å². The van der Waals surface area contributed by atoms with Crippen LogP contribution in [0.1, 0.15) is 55.9 Å². The molecule has 4 rings (SSSR count). The number of pyridine rings is 1. The average Bonchev–Trinajstić information content (AvgIpc) is 3.14. The van der Waals surface area contributed by atoms with E-state index in [4.69, 9.17) is 17.0 Å². The van der Waals surface area contributed by atoms with E-state index in [2.05, 4.69) is 24.8 Å². The summed E-state index contributed by atoms with van der Waals surface area (Å²) in [6.45, 7) is 10.8. The molecule has 3 heterocycles. The van der Waals surface area contributed by atoms with Gasteiger partial charge in [0.15, 0.2) is 0 Å². The first-order chi connectivity index (χ1) is 18.2. The predicted molar refractivity (Wildman–Crippen MR) is 157 cm³/mol. The van der Waals surface area contributed by atoms with Gasteiger partial charge in [0.25, 0.3) is 11.5 Å². The molecule has 0 aliphatic carbocycles. The van der Waals surface area contributed by atoms with E-state index in [0.29, 0.717) is 39.7 Å². The second-order valence-electron chi connectivity index (χ2n) is 10.3. The lowest BCUT2D eigenvalue weighted by Crippen LogP contribution is -2.43. The van der Waals surface area contributed by atoms with E-state index in [1.54, 1.807) is 23.5 Å². The second-order valence-corrected chi connectivity index (χ2v) is 11.9. The zero-order valence-corrected chi connectivity index (χ0v) is 24.2. The van der Waals surface area contributed by atoms with Gasteiger partial charge in [-0.1, -0.05) is 56.9 Å². The number of hydrogen-bond donors (Lipinski definition) is 0. The molecule has 200 valence electrons. The van der Waals surface area contributed by atoms with Crippen molar-refractivity contribution in [2.75, 3.05) is 25.1 Å². The first kappa shape index (κ1) is 27.9. The Bertz CT molecular complexity index is 1360. The number of aromatic nitrogens is 1. The number of carbonyl (C=O) groups is 1. The molecule has 38 heavy (non-hydrogen) atoms. The first-order valence-electron chi connectivity index (χ1n) is 13.0. The van der Waals surface area contributed by atoms with Crippen LogP contribution < -0.4 is 15.2 Å². The zero-order chi connectivity index (χ0) is 27.6. The highest BCUT2D eigenvalue weighted by Crippen LogP contribution is 2.38. The molecule has 0 saturated carbocycles. The first-order valence-corrected chi connectivity index (χ1v) is 14.2. The third kappa shape index (κ3) is 5.52. The minimum Gasteiger partial charge on any atom is -0.497 e. The fourth-order valence-electron chi connectivity index (χ4n) is 5.43. The van der Waals surface area contributed by atoms with E-state index in [0.717, 1.165) is 48.6 Å². The normalized spacial score (nSPS) is 20.8. The van der Waals surface area contributed by atoms with Gasteiger partial charge in [-0.25, -0.2) is 0 Å². The molecule has 2 fully saturated rings. The van der Waals surface area contributed by atoms with Gasteiger partial charge in [-0.2, -0.15) is 5.26 Å². The van der Waals surface area contributed by atoms with E-state index in [-0.39, 0.29) is 17.0 Å². The minimum absolute atomic E-state index is 0.125.